The Labute approximate surface area is 128 Å². The van der Waals surface area contributed by atoms with Crippen molar-refractivity contribution in [2.45, 2.75) is 33.6 Å². The highest BCUT2D eigenvalue weighted by atomic mass is 16.5. The number of benzene rings is 1. The van der Waals surface area contributed by atoms with Crippen LogP contribution in [0.2, 0.25) is 0 Å². The summed E-state index contributed by atoms with van der Waals surface area (Å²) in [5.74, 6) is 2.19. The molecule has 1 fully saturated rings. The molecule has 1 aromatic rings. The van der Waals surface area contributed by atoms with Gasteiger partial charge in [-0.25, -0.2) is 0 Å². The van der Waals surface area contributed by atoms with Crippen LogP contribution in [-0.2, 0) is 0 Å². The van der Waals surface area contributed by atoms with Crippen LogP contribution >= 0.6 is 0 Å². The minimum Gasteiger partial charge on any atom is -0.493 e. The van der Waals surface area contributed by atoms with Crippen LogP contribution in [0.25, 0.3) is 0 Å². The molecule has 0 unspecified atom stereocenters. The topological polar surface area (TPSA) is 47.7 Å². The number of ether oxygens (including phenoxy) is 2. The lowest BCUT2D eigenvalue weighted by Gasteiger charge is -2.40. The number of nitrogens with two attached hydrogens (primary N) is 1. The summed E-state index contributed by atoms with van der Waals surface area (Å²) < 4.78 is 10.7. The van der Waals surface area contributed by atoms with Gasteiger partial charge in [-0.1, -0.05) is 20.8 Å². The van der Waals surface area contributed by atoms with Crippen LogP contribution in [0.5, 0.6) is 11.5 Å². The number of nitrogens with zero attached hydrogens (tertiary/aromatic N) is 1. The van der Waals surface area contributed by atoms with E-state index in [0.29, 0.717) is 11.2 Å². The fourth-order valence-corrected chi connectivity index (χ4v) is 3.14. The quantitative estimate of drug-likeness (QED) is 0.866. The molecule has 1 aromatic carbocycles. The molecule has 0 amide bonds. The molecule has 0 aromatic heterocycles. The second-order valence-corrected chi connectivity index (χ2v) is 6.89. The van der Waals surface area contributed by atoms with Crippen LogP contribution in [0.4, 0.5) is 11.4 Å². The standard InChI is InChI=1S/C17H28N2O2/c1-17(2,3)12-6-8-19(9-7-12)14-11-16(21-5)15(20-4)10-13(14)18/h10-12H,6-9,18H2,1-5H3. The third-order valence-corrected chi connectivity index (χ3v) is 4.59. The number of rotatable bonds is 3. The normalized spacial score (nSPS) is 16.9. The Morgan fingerprint density at radius 2 is 1.57 bits per heavy atom. The van der Waals surface area contributed by atoms with Crippen molar-refractivity contribution >= 4 is 11.4 Å². The first-order chi connectivity index (χ1) is 9.86. The molecule has 4 nitrogen and oxygen atoms in total. The molecule has 21 heavy (non-hydrogen) atoms. The van der Waals surface area contributed by atoms with Gasteiger partial charge in [0.1, 0.15) is 0 Å². The first-order valence-corrected chi connectivity index (χ1v) is 7.63. The van der Waals surface area contributed by atoms with E-state index in [0.717, 1.165) is 36.1 Å². The Bertz CT molecular complexity index is 486. The Hall–Kier alpha value is -1.58. The van der Waals surface area contributed by atoms with E-state index in [4.69, 9.17) is 15.2 Å². The zero-order chi connectivity index (χ0) is 15.6. The van der Waals surface area contributed by atoms with Crippen molar-refractivity contribution in [3.63, 3.8) is 0 Å². The SMILES string of the molecule is COc1cc(N)c(N2CCC(C(C)(C)C)CC2)cc1OC. The highest BCUT2D eigenvalue weighted by Gasteiger charge is 2.29. The second-order valence-electron chi connectivity index (χ2n) is 6.89. The minimum atomic E-state index is 0.384. The van der Waals surface area contributed by atoms with Crippen LogP contribution in [0.3, 0.4) is 0 Å². The Morgan fingerprint density at radius 1 is 1.05 bits per heavy atom. The van der Waals surface area contributed by atoms with Crippen LogP contribution in [0, 0.1) is 11.3 Å². The fourth-order valence-electron chi connectivity index (χ4n) is 3.14. The van der Waals surface area contributed by atoms with Crippen molar-refractivity contribution in [3.8, 4) is 11.5 Å². The maximum atomic E-state index is 6.19. The molecule has 0 atom stereocenters. The third kappa shape index (κ3) is 3.36. The zero-order valence-electron chi connectivity index (χ0n) is 13.9. The molecular weight excluding hydrogens is 264 g/mol. The predicted octanol–water partition coefficient (Wildman–Crippen LogP) is 3.55. The molecule has 0 spiro atoms. The monoisotopic (exact) mass is 292 g/mol. The Balaban J connectivity index is 2.17. The molecule has 0 saturated carbocycles. The van der Waals surface area contributed by atoms with Crippen LogP contribution < -0.4 is 20.1 Å². The van der Waals surface area contributed by atoms with Gasteiger partial charge in [-0.3, -0.25) is 0 Å². The van der Waals surface area contributed by atoms with Crippen molar-refractivity contribution in [2.75, 3.05) is 37.9 Å². The van der Waals surface area contributed by atoms with E-state index in [-0.39, 0.29) is 0 Å². The molecule has 0 radical (unpaired) electrons. The smallest absolute Gasteiger partial charge is 0.162 e. The fraction of sp³-hybridized carbons (Fsp3) is 0.647. The highest BCUT2D eigenvalue weighted by molar-refractivity contribution is 5.73. The molecule has 1 saturated heterocycles. The minimum absolute atomic E-state index is 0.384. The van der Waals surface area contributed by atoms with Gasteiger partial charge in [0.05, 0.1) is 25.6 Å². The first kappa shape index (κ1) is 15.8. The summed E-state index contributed by atoms with van der Waals surface area (Å²) in [6.45, 7) is 9.08. The number of piperidine rings is 1. The van der Waals surface area contributed by atoms with Gasteiger partial charge in [0, 0.05) is 25.2 Å². The molecule has 1 aliphatic rings. The Kier molecular flexibility index (Phi) is 4.55. The van der Waals surface area contributed by atoms with Crippen molar-refractivity contribution < 1.29 is 9.47 Å². The Morgan fingerprint density at radius 3 is 2.05 bits per heavy atom. The first-order valence-electron chi connectivity index (χ1n) is 7.63. The summed E-state index contributed by atoms with van der Waals surface area (Å²) in [5, 5.41) is 0. The summed E-state index contributed by atoms with van der Waals surface area (Å²) in [6, 6.07) is 3.84. The average Bonchev–Trinajstić information content (AvgIpc) is 2.46. The van der Waals surface area contributed by atoms with Gasteiger partial charge >= 0.3 is 0 Å². The summed E-state index contributed by atoms with van der Waals surface area (Å²) in [6.07, 6.45) is 2.41. The maximum absolute atomic E-state index is 6.19. The number of nitrogen functional groups attached to an aromatic ring is 1. The van der Waals surface area contributed by atoms with Gasteiger partial charge in [0.15, 0.2) is 11.5 Å². The van der Waals surface area contributed by atoms with Gasteiger partial charge < -0.3 is 20.1 Å². The van der Waals surface area contributed by atoms with E-state index in [1.807, 2.05) is 12.1 Å². The summed E-state index contributed by atoms with van der Waals surface area (Å²) in [7, 11) is 3.29. The van der Waals surface area contributed by atoms with Crippen molar-refractivity contribution in [1.29, 1.82) is 0 Å². The molecular formula is C17H28N2O2. The lowest BCUT2D eigenvalue weighted by atomic mass is 9.75. The molecule has 0 bridgehead atoms. The largest absolute Gasteiger partial charge is 0.493 e. The molecule has 2 N–H and O–H groups in total. The molecule has 1 heterocycles. The van der Waals surface area contributed by atoms with Crippen molar-refractivity contribution in [2.24, 2.45) is 11.3 Å². The van der Waals surface area contributed by atoms with Gasteiger partial charge in [-0.05, 0) is 24.2 Å². The van der Waals surface area contributed by atoms with E-state index < -0.39 is 0 Å². The van der Waals surface area contributed by atoms with Gasteiger partial charge in [0.2, 0.25) is 0 Å². The molecule has 1 aliphatic heterocycles. The number of methoxy groups -OCH3 is 2. The van der Waals surface area contributed by atoms with Crippen LogP contribution in [0.15, 0.2) is 12.1 Å². The van der Waals surface area contributed by atoms with E-state index in [1.54, 1.807) is 14.2 Å². The highest BCUT2D eigenvalue weighted by Crippen LogP contribution is 2.40. The van der Waals surface area contributed by atoms with Gasteiger partial charge in [-0.2, -0.15) is 0 Å². The van der Waals surface area contributed by atoms with Crippen LogP contribution in [-0.4, -0.2) is 27.3 Å². The number of hydrogen-bond donors (Lipinski definition) is 1. The predicted molar refractivity (Wildman–Crippen MR) is 88.4 cm³/mol. The van der Waals surface area contributed by atoms with E-state index >= 15 is 0 Å². The lowest BCUT2D eigenvalue weighted by molar-refractivity contribution is 0.199. The summed E-state index contributed by atoms with van der Waals surface area (Å²) in [4.78, 5) is 2.36. The van der Waals surface area contributed by atoms with Crippen LogP contribution in [0.1, 0.15) is 33.6 Å². The maximum Gasteiger partial charge on any atom is 0.162 e. The number of anilines is 2. The lowest BCUT2D eigenvalue weighted by Crippen LogP contribution is -2.38. The van der Waals surface area contributed by atoms with Crippen molar-refractivity contribution in [3.05, 3.63) is 12.1 Å². The van der Waals surface area contributed by atoms with Gasteiger partial charge in [0.25, 0.3) is 0 Å². The van der Waals surface area contributed by atoms with E-state index in [9.17, 15) is 0 Å². The zero-order valence-corrected chi connectivity index (χ0v) is 13.9. The third-order valence-electron chi connectivity index (χ3n) is 4.59. The number of hydrogen-bond acceptors (Lipinski definition) is 4. The molecule has 4 heteroatoms. The van der Waals surface area contributed by atoms with Crippen molar-refractivity contribution in [1.82, 2.24) is 0 Å². The molecule has 2 rings (SSSR count). The summed E-state index contributed by atoms with van der Waals surface area (Å²) in [5.41, 5.74) is 8.39. The van der Waals surface area contributed by atoms with E-state index in [2.05, 4.69) is 25.7 Å². The van der Waals surface area contributed by atoms with Gasteiger partial charge in [-0.15, -0.1) is 0 Å². The summed E-state index contributed by atoms with van der Waals surface area (Å²) >= 11 is 0. The average molecular weight is 292 g/mol. The molecule has 0 aliphatic carbocycles. The second kappa shape index (κ2) is 6.04. The molecule has 118 valence electrons. The van der Waals surface area contributed by atoms with E-state index in [1.165, 1.54) is 12.8 Å².